The highest BCUT2D eigenvalue weighted by Gasteiger charge is 2.10. The number of fused-ring (bicyclic) bond motifs is 1. The lowest BCUT2D eigenvalue weighted by molar-refractivity contribution is -0.176. The van der Waals surface area contributed by atoms with Crippen LogP contribution in [0.4, 0.5) is 5.95 Å². The number of hydrogen-bond acceptors (Lipinski definition) is 8. The summed E-state index contributed by atoms with van der Waals surface area (Å²) in [5.41, 5.74) is 8.48. The van der Waals surface area contributed by atoms with Crippen molar-refractivity contribution in [3.8, 4) is 0 Å². The number of nitrogens with two attached hydrogens (primary N) is 1. The van der Waals surface area contributed by atoms with Crippen molar-refractivity contribution >= 4 is 29.7 Å². The summed E-state index contributed by atoms with van der Waals surface area (Å²) in [6, 6.07) is 7.57. The smallest absolute Gasteiger partial charge is 0.262 e. The summed E-state index contributed by atoms with van der Waals surface area (Å²) in [5.74, 6) is 0.0560. The first kappa shape index (κ1) is 28.5. The zero-order chi connectivity index (χ0) is 24.5. The lowest BCUT2D eigenvalue weighted by Crippen LogP contribution is -2.24. The van der Waals surface area contributed by atoms with Crippen LogP contribution >= 0.6 is 0 Å². The van der Waals surface area contributed by atoms with E-state index in [2.05, 4.69) is 27.2 Å². The third-order valence-electron chi connectivity index (χ3n) is 4.36. The van der Waals surface area contributed by atoms with Crippen LogP contribution in [0.15, 0.2) is 35.3 Å². The molecule has 0 saturated carbocycles. The van der Waals surface area contributed by atoms with Gasteiger partial charge in [0.25, 0.3) is 11.5 Å². The molecule has 8 N–H and O–H groups in total. The van der Waals surface area contributed by atoms with Gasteiger partial charge in [0.05, 0.1) is 5.39 Å². The van der Waals surface area contributed by atoms with Crippen LogP contribution in [0.1, 0.15) is 41.3 Å². The van der Waals surface area contributed by atoms with E-state index in [9.17, 15) is 9.59 Å². The van der Waals surface area contributed by atoms with Crippen LogP contribution in [-0.2, 0) is 17.6 Å². The molecular weight excluding hydrogens is 418 g/mol. The molecule has 0 aliphatic rings. The van der Waals surface area contributed by atoms with E-state index in [1.165, 1.54) is 0 Å². The summed E-state index contributed by atoms with van der Waals surface area (Å²) in [7, 11) is 1.00. The number of anilines is 1. The van der Waals surface area contributed by atoms with Crippen LogP contribution in [0.5, 0.6) is 0 Å². The van der Waals surface area contributed by atoms with Gasteiger partial charge in [0.15, 0.2) is 0 Å². The number of aliphatic hydroxyl groups is 1. The van der Waals surface area contributed by atoms with Gasteiger partial charge in [-0.15, -0.1) is 0 Å². The summed E-state index contributed by atoms with van der Waals surface area (Å²) in [4.78, 5) is 41.7. The Morgan fingerprint density at radius 2 is 1.78 bits per heavy atom. The number of nitrogen functional groups attached to an aromatic ring is 1. The Morgan fingerprint density at radius 3 is 2.38 bits per heavy atom. The minimum Gasteiger partial charge on any atom is -0.400 e. The molecule has 11 nitrogen and oxygen atoms in total. The van der Waals surface area contributed by atoms with Crippen molar-refractivity contribution < 1.29 is 25.2 Å². The Hall–Kier alpha value is -3.54. The first-order chi connectivity index (χ1) is 15.6. The molecule has 1 amide bonds. The Balaban J connectivity index is 0.00000148. The SMILES string of the molecule is C=O.CCCCNC(=O)c1ccc(CCc2c[nH]c3nc(N)[nH]c(=O)c23)cc1.CO.OO. The maximum Gasteiger partial charge on any atom is 0.262 e. The van der Waals surface area contributed by atoms with Gasteiger partial charge in [0.1, 0.15) is 12.4 Å². The molecule has 0 fully saturated rings. The minimum atomic E-state index is -0.233. The van der Waals surface area contributed by atoms with Crippen LogP contribution in [0.3, 0.4) is 0 Å². The monoisotopic (exact) mass is 449 g/mol. The van der Waals surface area contributed by atoms with Crippen LogP contribution in [0.2, 0.25) is 0 Å². The first-order valence-electron chi connectivity index (χ1n) is 9.75. The van der Waals surface area contributed by atoms with Crippen molar-refractivity contribution in [2.75, 3.05) is 19.4 Å². The number of unbranched alkanes of at least 4 members (excludes halogenated alkanes) is 1. The molecule has 3 aromatic rings. The van der Waals surface area contributed by atoms with E-state index in [0.29, 0.717) is 29.6 Å². The number of hydrogen-bond donors (Lipinski definition) is 7. The number of carbonyl (C=O) groups excluding carboxylic acids is 2. The second-order valence-corrected chi connectivity index (χ2v) is 6.30. The quantitative estimate of drug-likeness (QED) is 0.160. The number of benzene rings is 1. The van der Waals surface area contributed by atoms with E-state index in [-0.39, 0.29) is 17.4 Å². The van der Waals surface area contributed by atoms with E-state index < -0.39 is 0 Å². The molecule has 11 heteroatoms. The molecule has 0 atom stereocenters. The molecular formula is C21H31N5O6. The van der Waals surface area contributed by atoms with Gasteiger partial charge in [-0.2, -0.15) is 4.98 Å². The number of nitrogens with one attached hydrogen (secondary N) is 3. The second-order valence-electron chi connectivity index (χ2n) is 6.30. The van der Waals surface area contributed by atoms with Crippen molar-refractivity contribution in [2.45, 2.75) is 32.6 Å². The van der Waals surface area contributed by atoms with Crippen LogP contribution in [0.25, 0.3) is 11.0 Å². The molecule has 0 aliphatic heterocycles. The minimum absolute atomic E-state index is 0.0446. The van der Waals surface area contributed by atoms with E-state index in [0.717, 1.165) is 37.5 Å². The van der Waals surface area contributed by atoms with E-state index in [4.69, 9.17) is 26.1 Å². The number of aliphatic hydroxyl groups excluding tert-OH is 1. The van der Waals surface area contributed by atoms with Gasteiger partial charge >= 0.3 is 0 Å². The Bertz CT molecular complexity index is 985. The number of aryl methyl sites for hydroxylation is 2. The zero-order valence-corrected chi connectivity index (χ0v) is 18.2. The van der Waals surface area contributed by atoms with Gasteiger partial charge in [-0.25, -0.2) is 0 Å². The van der Waals surface area contributed by atoms with Crippen molar-refractivity contribution in [3.05, 3.63) is 57.5 Å². The fourth-order valence-electron chi connectivity index (χ4n) is 2.90. The van der Waals surface area contributed by atoms with Crippen molar-refractivity contribution in [1.29, 1.82) is 0 Å². The first-order valence-corrected chi connectivity index (χ1v) is 9.75. The molecule has 3 rings (SSSR count). The van der Waals surface area contributed by atoms with Gasteiger partial charge in [-0.3, -0.25) is 25.1 Å². The highest BCUT2D eigenvalue weighted by atomic mass is 17.0. The van der Waals surface area contributed by atoms with E-state index in [1.807, 2.05) is 31.1 Å². The van der Waals surface area contributed by atoms with Gasteiger partial charge in [0.2, 0.25) is 5.95 Å². The maximum absolute atomic E-state index is 12.1. The third kappa shape index (κ3) is 8.30. The van der Waals surface area contributed by atoms with Crippen molar-refractivity contribution in [3.63, 3.8) is 0 Å². The van der Waals surface area contributed by atoms with Gasteiger partial charge in [-0.05, 0) is 42.5 Å². The predicted molar refractivity (Wildman–Crippen MR) is 123 cm³/mol. The van der Waals surface area contributed by atoms with E-state index >= 15 is 0 Å². The number of nitrogens with zero attached hydrogens (tertiary/aromatic N) is 1. The number of carbonyl (C=O) groups is 2. The number of aromatic amines is 2. The molecule has 0 radical (unpaired) electrons. The lowest BCUT2D eigenvalue weighted by atomic mass is 10.0. The molecule has 0 aliphatic carbocycles. The maximum atomic E-state index is 12.1. The number of aromatic nitrogens is 3. The highest BCUT2D eigenvalue weighted by molar-refractivity contribution is 5.94. The average molecular weight is 450 g/mol. The topological polar surface area (TPSA) is 194 Å². The molecule has 0 spiro atoms. The Morgan fingerprint density at radius 1 is 1.16 bits per heavy atom. The molecule has 1 aromatic carbocycles. The third-order valence-corrected chi connectivity index (χ3v) is 4.36. The molecule has 32 heavy (non-hydrogen) atoms. The molecule has 176 valence electrons. The lowest BCUT2D eigenvalue weighted by Gasteiger charge is -2.06. The largest absolute Gasteiger partial charge is 0.400 e. The second kappa shape index (κ2) is 16.2. The zero-order valence-electron chi connectivity index (χ0n) is 18.2. The number of amides is 1. The predicted octanol–water partition coefficient (Wildman–Crippen LogP) is 1.59. The fraction of sp³-hybridized carbons (Fsp3) is 0.333. The normalized spacial score (nSPS) is 9.41. The van der Waals surface area contributed by atoms with E-state index in [1.54, 1.807) is 6.20 Å². The molecule has 0 unspecified atom stereocenters. The summed E-state index contributed by atoms with van der Waals surface area (Å²) in [5, 5.41) is 22.5. The summed E-state index contributed by atoms with van der Waals surface area (Å²) < 4.78 is 0. The molecule has 2 aromatic heterocycles. The van der Waals surface area contributed by atoms with Gasteiger partial charge in [0, 0.05) is 25.4 Å². The highest BCUT2D eigenvalue weighted by Crippen LogP contribution is 2.16. The fourth-order valence-corrected chi connectivity index (χ4v) is 2.90. The average Bonchev–Trinajstić information content (AvgIpc) is 3.25. The van der Waals surface area contributed by atoms with Crippen molar-refractivity contribution in [2.24, 2.45) is 0 Å². The Labute approximate surface area is 185 Å². The van der Waals surface area contributed by atoms with Gasteiger partial charge in [-0.1, -0.05) is 25.5 Å². The van der Waals surface area contributed by atoms with Crippen LogP contribution in [0, 0.1) is 0 Å². The molecule has 0 bridgehead atoms. The summed E-state index contributed by atoms with van der Waals surface area (Å²) in [6.45, 7) is 4.79. The van der Waals surface area contributed by atoms with Gasteiger partial charge < -0.3 is 25.9 Å². The molecule has 2 heterocycles. The summed E-state index contributed by atoms with van der Waals surface area (Å²) >= 11 is 0. The molecule has 0 saturated heterocycles. The van der Waals surface area contributed by atoms with Crippen molar-refractivity contribution in [1.82, 2.24) is 20.3 Å². The van der Waals surface area contributed by atoms with Crippen LogP contribution < -0.4 is 16.6 Å². The number of rotatable bonds is 7. The van der Waals surface area contributed by atoms with Crippen LogP contribution in [-0.4, -0.2) is 56.9 Å². The summed E-state index contributed by atoms with van der Waals surface area (Å²) in [6.07, 6.45) is 5.28. The standard InChI is InChI=1S/C19H23N5O2.CH4O.CH2O.H2O2/c1-2-3-10-21-17(25)13-7-4-12(5-8-13)6-9-14-11-22-16-15(14)18(26)24-19(20)23-16;3*1-2/h4-5,7-8,11H,2-3,6,9-10H2,1H3,(H,21,25)(H4,20,22,23,24,26);2H,1H3;1H2;1-2H. The number of H-pyrrole nitrogens is 2. The Kier molecular flexibility index (Phi) is 14.4.